The molecule has 1 rings (SSSR count). The molecule has 1 amide bonds. The van der Waals surface area contributed by atoms with Crippen LogP contribution >= 0.6 is 0 Å². The number of carbonyl (C=O) groups is 1. The lowest BCUT2D eigenvalue weighted by Crippen LogP contribution is -2.48. The Balaban J connectivity index is 2.82. The van der Waals surface area contributed by atoms with Crippen molar-refractivity contribution in [1.29, 1.82) is 0 Å². The number of hydrogen-bond donors (Lipinski definition) is 0. The number of hydrogen-bond acceptors (Lipinski definition) is 3. The van der Waals surface area contributed by atoms with E-state index in [1.165, 1.54) is 0 Å². The quantitative estimate of drug-likeness (QED) is 0.784. The number of nitrogens with zero attached hydrogens (tertiary/aromatic N) is 1. The lowest BCUT2D eigenvalue weighted by Gasteiger charge is -2.28. The molecule has 0 N–H and O–H groups in total. The molecule has 0 aromatic carbocycles. The van der Waals surface area contributed by atoms with Crippen LogP contribution < -0.4 is 0 Å². The molecule has 0 saturated carbocycles. The van der Waals surface area contributed by atoms with E-state index >= 15 is 0 Å². The van der Waals surface area contributed by atoms with Crippen molar-refractivity contribution in [3.63, 3.8) is 0 Å². The smallest absolute Gasteiger partial charge is 0.331 e. The number of rotatable bonds is 4. The summed E-state index contributed by atoms with van der Waals surface area (Å²) in [5.41, 5.74) is 0. The zero-order valence-electron chi connectivity index (χ0n) is 10.0. The molecule has 0 aliphatic carbocycles. The summed E-state index contributed by atoms with van der Waals surface area (Å²) in [7, 11) is -3.31. The van der Waals surface area contributed by atoms with Crippen LogP contribution in [0.1, 0.15) is 26.2 Å². The van der Waals surface area contributed by atoms with Gasteiger partial charge < -0.3 is 4.90 Å². The summed E-state index contributed by atoms with van der Waals surface area (Å²) in [5.74, 6) is -2.44. The first-order valence-electron chi connectivity index (χ1n) is 5.75. The van der Waals surface area contributed by atoms with Gasteiger partial charge in [-0.2, -0.15) is 13.2 Å². The molecule has 106 valence electrons. The second kappa shape index (κ2) is 5.46. The van der Waals surface area contributed by atoms with Gasteiger partial charge in [0.25, 0.3) is 0 Å². The molecule has 1 aliphatic rings. The van der Waals surface area contributed by atoms with Crippen LogP contribution in [0, 0.1) is 0 Å². The molecule has 0 aromatic heterocycles. The number of halogens is 3. The predicted molar refractivity (Wildman–Crippen MR) is 59.7 cm³/mol. The summed E-state index contributed by atoms with van der Waals surface area (Å²) in [6.45, 7) is 1.75. The number of sulfone groups is 1. The van der Waals surface area contributed by atoms with Crippen LogP contribution in [0.4, 0.5) is 13.2 Å². The van der Waals surface area contributed by atoms with E-state index in [0.717, 1.165) is 0 Å². The summed E-state index contributed by atoms with van der Waals surface area (Å²) in [6.07, 6.45) is -3.78. The van der Waals surface area contributed by atoms with Gasteiger partial charge in [-0.25, -0.2) is 8.42 Å². The molecule has 8 heteroatoms. The van der Waals surface area contributed by atoms with Crippen LogP contribution in [0.3, 0.4) is 0 Å². The molecular weight excluding hydrogens is 271 g/mol. The molecule has 4 nitrogen and oxygen atoms in total. The number of unbranched alkanes of at least 4 members (excludes halogenated alkanes) is 1. The molecule has 18 heavy (non-hydrogen) atoms. The Hall–Kier alpha value is -0.790. The Morgan fingerprint density at radius 1 is 1.39 bits per heavy atom. The minimum atomic E-state index is -4.94. The fourth-order valence-electron chi connectivity index (χ4n) is 1.96. The first-order valence-corrected chi connectivity index (χ1v) is 7.57. The highest BCUT2D eigenvalue weighted by molar-refractivity contribution is 7.91. The maximum atomic E-state index is 12.4. The third-order valence-electron chi connectivity index (χ3n) is 2.91. The molecular formula is C10H16F3NO3S. The third kappa shape index (κ3) is 3.86. The monoisotopic (exact) mass is 287 g/mol. The average Bonchev–Trinajstić information content (AvgIpc) is 2.58. The molecule has 0 bridgehead atoms. The Bertz CT molecular complexity index is 405. The van der Waals surface area contributed by atoms with Crippen molar-refractivity contribution in [2.75, 3.05) is 18.1 Å². The molecule has 1 atom stereocenters. The van der Waals surface area contributed by atoms with Crippen molar-refractivity contribution in [3.8, 4) is 0 Å². The summed E-state index contributed by atoms with van der Waals surface area (Å²) in [6, 6.07) is -0.837. The Morgan fingerprint density at radius 2 is 2.00 bits per heavy atom. The normalized spacial score (nSPS) is 23.0. The summed E-state index contributed by atoms with van der Waals surface area (Å²) in [5, 5.41) is 0. The van der Waals surface area contributed by atoms with Crippen LogP contribution in [0.25, 0.3) is 0 Å². The summed E-state index contributed by atoms with van der Waals surface area (Å²) < 4.78 is 59.8. The largest absolute Gasteiger partial charge is 0.471 e. The van der Waals surface area contributed by atoms with Gasteiger partial charge in [-0.15, -0.1) is 0 Å². The van der Waals surface area contributed by atoms with Crippen molar-refractivity contribution in [2.24, 2.45) is 0 Å². The molecule has 0 radical (unpaired) electrons. The molecule has 1 fully saturated rings. The highest BCUT2D eigenvalue weighted by Crippen LogP contribution is 2.25. The number of carbonyl (C=O) groups excluding carboxylic acids is 1. The maximum absolute atomic E-state index is 12.4. The fraction of sp³-hybridized carbons (Fsp3) is 0.900. The standard InChI is InChI=1S/C10H16F3NO3S/c1-2-3-5-14(9(15)10(11,12)13)8-4-6-18(16,17)7-8/h8H,2-7H2,1H3. The molecule has 1 saturated heterocycles. The molecule has 1 unspecified atom stereocenters. The second-order valence-corrected chi connectivity index (χ2v) is 6.64. The van der Waals surface area contributed by atoms with Gasteiger partial charge in [-0.05, 0) is 12.8 Å². The van der Waals surface area contributed by atoms with Gasteiger partial charge in [0, 0.05) is 12.6 Å². The van der Waals surface area contributed by atoms with Crippen LogP contribution in [0.2, 0.25) is 0 Å². The van der Waals surface area contributed by atoms with Crippen molar-refractivity contribution in [2.45, 2.75) is 38.4 Å². The minimum Gasteiger partial charge on any atom is -0.331 e. The summed E-state index contributed by atoms with van der Waals surface area (Å²) >= 11 is 0. The number of alkyl halides is 3. The van der Waals surface area contributed by atoms with Gasteiger partial charge in [-0.3, -0.25) is 4.79 Å². The Morgan fingerprint density at radius 3 is 2.39 bits per heavy atom. The Kier molecular flexibility index (Phi) is 4.63. The van der Waals surface area contributed by atoms with Gasteiger partial charge in [0.05, 0.1) is 11.5 Å². The van der Waals surface area contributed by atoms with Gasteiger partial charge in [0.2, 0.25) is 0 Å². The van der Waals surface area contributed by atoms with Crippen molar-refractivity contribution in [3.05, 3.63) is 0 Å². The van der Waals surface area contributed by atoms with E-state index in [1.807, 2.05) is 0 Å². The highest BCUT2D eigenvalue weighted by atomic mass is 32.2. The van der Waals surface area contributed by atoms with Crippen molar-refractivity contribution >= 4 is 15.7 Å². The van der Waals surface area contributed by atoms with E-state index in [1.54, 1.807) is 6.92 Å². The van der Waals surface area contributed by atoms with E-state index in [2.05, 4.69) is 0 Å². The van der Waals surface area contributed by atoms with Crippen LogP contribution in [0.15, 0.2) is 0 Å². The first-order chi connectivity index (χ1) is 8.17. The molecule has 1 heterocycles. The third-order valence-corrected chi connectivity index (χ3v) is 4.66. The molecule has 1 aliphatic heterocycles. The van der Waals surface area contributed by atoms with E-state index < -0.39 is 28.0 Å². The Labute approximate surface area is 104 Å². The zero-order valence-corrected chi connectivity index (χ0v) is 10.9. The predicted octanol–water partition coefficient (Wildman–Crippen LogP) is 1.36. The summed E-state index contributed by atoms with van der Waals surface area (Å²) in [4.78, 5) is 11.9. The van der Waals surface area contributed by atoms with Crippen LogP contribution in [-0.2, 0) is 14.6 Å². The molecule has 0 aromatic rings. The van der Waals surface area contributed by atoms with Gasteiger partial charge in [0.15, 0.2) is 9.84 Å². The topological polar surface area (TPSA) is 54.5 Å². The lowest BCUT2D eigenvalue weighted by molar-refractivity contribution is -0.187. The SMILES string of the molecule is CCCCN(C(=O)C(F)(F)F)C1CCS(=O)(=O)C1. The highest BCUT2D eigenvalue weighted by Gasteiger charge is 2.46. The fourth-order valence-corrected chi connectivity index (χ4v) is 3.69. The average molecular weight is 287 g/mol. The van der Waals surface area contributed by atoms with E-state index in [9.17, 15) is 26.4 Å². The van der Waals surface area contributed by atoms with Gasteiger partial charge in [0.1, 0.15) is 0 Å². The first kappa shape index (κ1) is 15.3. The van der Waals surface area contributed by atoms with Crippen LogP contribution in [-0.4, -0.2) is 49.5 Å². The van der Waals surface area contributed by atoms with Crippen molar-refractivity contribution < 1.29 is 26.4 Å². The maximum Gasteiger partial charge on any atom is 0.471 e. The second-order valence-electron chi connectivity index (χ2n) is 4.41. The van der Waals surface area contributed by atoms with E-state index in [-0.39, 0.29) is 24.5 Å². The molecule has 0 spiro atoms. The number of amides is 1. The van der Waals surface area contributed by atoms with Crippen molar-refractivity contribution in [1.82, 2.24) is 4.90 Å². The van der Waals surface area contributed by atoms with E-state index in [4.69, 9.17) is 0 Å². The van der Waals surface area contributed by atoms with E-state index in [0.29, 0.717) is 17.7 Å². The van der Waals surface area contributed by atoms with Gasteiger partial charge >= 0.3 is 12.1 Å². The minimum absolute atomic E-state index is 0.0466. The zero-order chi connectivity index (χ0) is 14.0. The van der Waals surface area contributed by atoms with Gasteiger partial charge in [-0.1, -0.05) is 13.3 Å². The van der Waals surface area contributed by atoms with Crippen LogP contribution in [0.5, 0.6) is 0 Å². The lowest BCUT2D eigenvalue weighted by atomic mass is 10.2.